The topological polar surface area (TPSA) is 81.6 Å². The summed E-state index contributed by atoms with van der Waals surface area (Å²) >= 11 is 0. The molecule has 0 aromatic heterocycles. The van der Waals surface area contributed by atoms with E-state index in [1.807, 2.05) is 0 Å². The average Bonchev–Trinajstić information content (AvgIpc) is 2.73. The molecule has 2 atom stereocenters. The van der Waals surface area contributed by atoms with Crippen molar-refractivity contribution < 1.29 is 9.53 Å². The Balaban J connectivity index is 2.44. The summed E-state index contributed by atoms with van der Waals surface area (Å²) in [6, 6.07) is 0. The Morgan fingerprint density at radius 1 is 1.50 bits per heavy atom. The van der Waals surface area contributed by atoms with E-state index in [0.717, 1.165) is 51.9 Å². The lowest BCUT2D eigenvalue weighted by Crippen LogP contribution is -2.55. The average molecular weight is 257 g/mol. The molecule has 0 aromatic carbocycles. The molecule has 18 heavy (non-hydrogen) atoms. The molecule has 0 spiro atoms. The monoisotopic (exact) mass is 257 g/mol. The number of hydrogen-bond acceptors (Lipinski definition) is 4. The third kappa shape index (κ3) is 3.67. The van der Waals surface area contributed by atoms with Gasteiger partial charge >= 0.3 is 0 Å². The normalized spacial score (nSPS) is 27.9. The van der Waals surface area contributed by atoms with E-state index in [-0.39, 0.29) is 11.8 Å². The zero-order chi connectivity index (χ0) is 13.6. The molecule has 0 heterocycles. The van der Waals surface area contributed by atoms with E-state index in [2.05, 4.69) is 11.8 Å². The highest BCUT2D eigenvalue weighted by Crippen LogP contribution is 2.35. The lowest BCUT2D eigenvalue weighted by Gasteiger charge is -2.30. The van der Waals surface area contributed by atoms with E-state index >= 15 is 0 Å². The largest absolute Gasteiger partial charge is 0.383 e. The Kier molecular flexibility index (Phi) is 6.05. The van der Waals surface area contributed by atoms with Gasteiger partial charge in [0.05, 0.1) is 12.1 Å². The van der Waals surface area contributed by atoms with Crippen LogP contribution in [0.15, 0.2) is 0 Å². The number of amides is 1. The minimum atomic E-state index is -0.777. The molecule has 1 amide bonds. The molecule has 4 N–H and O–H groups in total. The summed E-state index contributed by atoms with van der Waals surface area (Å²) < 4.78 is 5.08. The van der Waals surface area contributed by atoms with E-state index in [4.69, 9.17) is 16.2 Å². The summed E-state index contributed by atoms with van der Waals surface area (Å²) in [6.45, 7) is 5.74. The summed E-state index contributed by atoms with van der Waals surface area (Å²) in [6.07, 6.45) is 3.70. The quantitative estimate of drug-likeness (QED) is 0.656. The number of methoxy groups -OCH3 is 1. The Morgan fingerprint density at radius 2 is 2.22 bits per heavy atom. The van der Waals surface area contributed by atoms with Crippen molar-refractivity contribution in [1.29, 1.82) is 0 Å². The van der Waals surface area contributed by atoms with Crippen LogP contribution in [0.2, 0.25) is 0 Å². The Labute approximate surface area is 110 Å². The molecule has 1 aliphatic rings. The van der Waals surface area contributed by atoms with E-state index in [0.29, 0.717) is 0 Å². The molecule has 0 aromatic rings. The second kappa shape index (κ2) is 7.07. The lowest BCUT2D eigenvalue weighted by atomic mass is 9.85. The van der Waals surface area contributed by atoms with Gasteiger partial charge in [0.2, 0.25) is 5.91 Å². The fourth-order valence-electron chi connectivity index (χ4n) is 2.82. The molecule has 2 unspecified atom stereocenters. The van der Waals surface area contributed by atoms with Crippen LogP contribution in [0.4, 0.5) is 0 Å². The minimum absolute atomic E-state index is 0.228. The van der Waals surface area contributed by atoms with Gasteiger partial charge in [0.1, 0.15) is 0 Å². The van der Waals surface area contributed by atoms with Crippen LogP contribution in [0.25, 0.3) is 0 Å². The standard InChI is InChI=1S/C13H27N3O2/c1-3-16(9-10-18-2)8-6-11-5-4-7-13(11,15)12(14)17/h11H,3-10,15H2,1-2H3,(H2,14,17). The van der Waals surface area contributed by atoms with Crippen LogP contribution < -0.4 is 11.5 Å². The van der Waals surface area contributed by atoms with E-state index in [1.54, 1.807) is 7.11 Å². The van der Waals surface area contributed by atoms with Crippen LogP contribution in [0.3, 0.4) is 0 Å². The predicted octanol–water partition coefficient (Wildman–Crippen LogP) is 0.328. The first-order valence-corrected chi connectivity index (χ1v) is 6.84. The number of likely N-dealkylation sites (N-methyl/N-ethyl adjacent to an activating group) is 1. The van der Waals surface area contributed by atoms with Gasteiger partial charge in [-0.05, 0) is 38.3 Å². The van der Waals surface area contributed by atoms with Gasteiger partial charge in [0.15, 0.2) is 0 Å². The molecule has 0 radical (unpaired) electrons. The van der Waals surface area contributed by atoms with Gasteiger partial charge in [0.25, 0.3) is 0 Å². The number of ether oxygens (including phenoxy) is 1. The van der Waals surface area contributed by atoms with E-state index in [1.165, 1.54) is 0 Å². The highest BCUT2D eigenvalue weighted by molar-refractivity contribution is 5.85. The number of carbonyl (C=O) groups is 1. The Hall–Kier alpha value is -0.650. The number of nitrogens with zero attached hydrogens (tertiary/aromatic N) is 1. The number of rotatable bonds is 8. The summed E-state index contributed by atoms with van der Waals surface area (Å²) in [4.78, 5) is 13.8. The van der Waals surface area contributed by atoms with Crippen LogP contribution in [-0.4, -0.2) is 49.7 Å². The van der Waals surface area contributed by atoms with Crippen LogP contribution in [0.1, 0.15) is 32.6 Å². The highest BCUT2D eigenvalue weighted by Gasteiger charge is 2.43. The minimum Gasteiger partial charge on any atom is -0.383 e. The molecule has 1 aliphatic carbocycles. The molecule has 106 valence electrons. The van der Waals surface area contributed by atoms with Crippen molar-refractivity contribution in [1.82, 2.24) is 4.90 Å². The van der Waals surface area contributed by atoms with E-state index in [9.17, 15) is 4.79 Å². The molecule has 1 rings (SSSR count). The second-order valence-electron chi connectivity index (χ2n) is 5.21. The molecule has 1 saturated carbocycles. The molecular formula is C13H27N3O2. The van der Waals surface area contributed by atoms with Crippen molar-refractivity contribution in [2.24, 2.45) is 17.4 Å². The molecule has 5 nitrogen and oxygen atoms in total. The van der Waals surface area contributed by atoms with E-state index < -0.39 is 5.54 Å². The van der Waals surface area contributed by atoms with Crippen LogP contribution in [0.5, 0.6) is 0 Å². The SMILES string of the molecule is CCN(CCOC)CCC1CCCC1(N)C(N)=O. The summed E-state index contributed by atoms with van der Waals surface area (Å²) in [5, 5.41) is 0. The van der Waals surface area contributed by atoms with Crippen molar-refractivity contribution in [2.45, 2.75) is 38.1 Å². The zero-order valence-electron chi connectivity index (χ0n) is 11.7. The molecular weight excluding hydrogens is 230 g/mol. The third-order valence-electron chi connectivity index (χ3n) is 4.18. The number of nitrogens with two attached hydrogens (primary N) is 2. The molecule has 0 aliphatic heterocycles. The number of hydrogen-bond donors (Lipinski definition) is 2. The molecule has 0 saturated heterocycles. The van der Waals surface area contributed by atoms with Crippen molar-refractivity contribution in [2.75, 3.05) is 33.4 Å². The summed E-state index contributed by atoms with van der Waals surface area (Å²) in [5.74, 6) is -0.114. The number of carbonyl (C=O) groups excluding carboxylic acids is 1. The second-order valence-corrected chi connectivity index (χ2v) is 5.21. The first-order chi connectivity index (χ1) is 8.54. The van der Waals surface area contributed by atoms with Crippen molar-refractivity contribution in [3.8, 4) is 0 Å². The van der Waals surface area contributed by atoms with Gasteiger partial charge in [-0.25, -0.2) is 0 Å². The van der Waals surface area contributed by atoms with Crippen molar-refractivity contribution >= 4 is 5.91 Å². The van der Waals surface area contributed by atoms with Crippen LogP contribution in [-0.2, 0) is 9.53 Å². The smallest absolute Gasteiger partial charge is 0.237 e. The van der Waals surface area contributed by atoms with Crippen LogP contribution >= 0.6 is 0 Å². The Morgan fingerprint density at radius 3 is 2.78 bits per heavy atom. The molecule has 5 heteroatoms. The van der Waals surface area contributed by atoms with Crippen molar-refractivity contribution in [3.63, 3.8) is 0 Å². The maximum Gasteiger partial charge on any atom is 0.237 e. The number of primary amides is 1. The maximum atomic E-state index is 11.5. The molecule has 1 fully saturated rings. The Bertz CT molecular complexity index is 273. The van der Waals surface area contributed by atoms with Gasteiger partial charge in [0, 0.05) is 13.7 Å². The van der Waals surface area contributed by atoms with Gasteiger partial charge in [-0.2, -0.15) is 0 Å². The van der Waals surface area contributed by atoms with Crippen LogP contribution in [0, 0.1) is 5.92 Å². The summed E-state index contributed by atoms with van der Waals surface area (Å²) in [5.41, 5.74) is 10.8. The van der Waals surface area contributed by atoms with Gasteiger partial charge in [-0.3, -0.25) is 4.79 Å². The van der Waals surface area contributed by atoms with Crippen molar-refractivity contribution in [3.05, 3.63) is 0 Å². The zero-order valence-corrected chi connectivity index (χ0v) is 11.7. The fourth-order valence-corrected chi connectivity index (χ4v) is 2.82. The van der Waals surface area contributed by atoms with Gasteiger partial charge in [-0.1, -0.05) is 13.3 Å². The lowest BCUT2D eigenvalue weighted by molar-refractivity contribution is -0.124. The highest BCUT2D eigenvalue weighted by atomic mass is 16.5. The third-order valence-corrected chi connectivity index (χ3v) is 4.18. The molecule has 0 bridgehead atoms. The first kappa shape index (κ1) is 15.4. The van der Waals surface area contributed by atoms with Gasteiger partial charge in [-0.15, -0.1) is 0 Å². The maximum absolute atomic E-state index is 11.5. The predicted molar refractivity (Wildman–Crippen MR) is 72.1 cm³/mol. The summed E-state index contributed by atoms with van der Waals surface area (Å²) in [7, 11) is 1.71. The fraction of sp³-hybridized carbons (Fsp3) is 0.923. The van der Waals surface area contributed by atoms with Gasteiger partial charge < -0.3 is 21.1 Å². The first-order valence-electron chi connectivity index (χ1n) is 6.84.